The number of unbranched alkanes of at least 4 members (excludes halogenated alkanes) is 26. The topological polar surface area (TPSA) is 189 Å². The number of hydrogen-bond acceptors (Lipinski definition) is 10. The minimum atomic E-state index is -1.67. The van der Waals surface area contributed by atoms with Gasteiger partial charge in [0.05, 0.1) is 25.4 Å². The fourth-order valence-corrected chi connectivity index (χ4v) is 8.05. The van der Waals surface area contributed by atoms with Crippen LogP contribution in [0.15, 0.2) is 24.3 Å². The summed E-state index contributed by atoms with van der Waals surface area (Å²) in [5, 5.41) is 75.8. The zero-order valence-corrected chi connectivity index (χ0v) is 38.9. The molecule has 1 aliphatic heterocycles. The van der Waals surface area contributed by atoms with Gasteiger partial charge in [0.1, 0.15) is 36.6 Å². The molecule has 360 valence electrons. The van der Waals surface area contributed by atoms with Crippen LogP contribution < -0.4 is 5.32 Å². The number of ether oxygens (including phenoxy) is 2. The third-order valence-electron chi connectivity index (χ3n) is 12.2. The van der Waals surface area contributed by atoms with Crippen LogP contribution in [0, 0.1) is 0 Å². The van der Waals surface area contributed by atoms with Crippen LogP contribution in [-0.4, -0.2) is 110 Å². The molecule has 0 saturated carbocycles. The fourth-order valence-electron chi connectivity index (χ4n) is 8.05. The van der Waals surface area contributed by atoms with Gasteiger partial charge in [-0.05, 0) is 51.4 Å². The third kappa shape index (κ3) is 29.6. The van der Waals surface area contributed by atoms with Crippen molar-refractivity contribution >= 4 is 5.91 Å². The van der Waals surface area contributed by atoms with Gasteiger partial charge in [0.2, 0.25) is 5.91 Å². The first-order valence-corrected chi connectivity index (χ1v) is 25.2. The molecule has 8 N–H and O–H groups in total. The van der Waals surface area contributed by atoms with Gasteiger partial charge in [-0.2, -0.15) is 0 Å². The van der Waals surface area contributed by atoms with E-state index in [1.165, 1.54) is 135 Å². The molecule has 0 bridgehead atoms. The van der Waals surface area contributed by atoms with Crippen molar-refractivity contribution in [2.75, 3.05) is 13.2 Å². The van der Waals surface area contributed by atoms with Gasteiger partial charge in [-0.1, -0.05) is 192 Å². The summed E-state index contributed by atoms with van der Waals surface area (Å²) in [7, 11) is 0. The van der Waals surface area contributed by atoms with Crippen molar-refractivity contribution in [1.29, 1.82) is 0 Å². The monoisotopic (exact) mass is 870 g/mol. The average molecular weight is 870 g/mol. The number of nitrogens with one attached hydrogen (secondary N) is 1. The largest absolute Gasteiger partial charge is 0.394 e. The summed E-state index contributed by atoms with van der Waals surface area (Å²) in [6.07, 6.45) is 33.7. The van der Waals surface area contributed by atoms with E-state index < -0.39 is 74.2 Å². The van der Waals surface area contributed by atoms with E-state index in [0.29, 0.717) is 19.3 Å². The lowest BCUT2D eigenvalue weighted by atomic mass is 9.98. The number of carbonyl (C=O) groups is 1. The highest BCUT2D eigenvalue weighted by Crippen LogP contribution is 2.23. The van der Waals surface area contributed by atoms with Gasteiger partial charge in [0.25, 0.3) is 0 Å². The van der Waals surface area contributed by atoms with Crippen molar-refractivity contribution in [1.82, 2.24) is 5.32 Å². The Balaban J connectivity index is 2.43. The Labute approximate surface area is 372 Å². The molecule has 1 saturated heterocycles. The molecule has 9 unspecified atom stereocenters. The second-order valence-electron chi connectivity index (χ2n) is 17.9. The van der Waals surface area contributed by atoms with Gasteiger partial charge in [-0.15, -0.1) is 0 Å². The maximum Gasteiger partial charge on any atom is 0.249 e. The van der Waals surface area contributed by atoms with E-state index in [9.17, 15) is 40.5 Å². The summed E-state index contributed by atoms with van der Waals surface area (Å²) < 4.78 is 11.1. The van der Waals surface area contributed by atoms with Gasteiger partial charge >= 0.3 is 0 Å². The molecule has 0 aromatic heterocycles. The molecule has 0 aromatic carbocycles. The minimum Gasteiger partial charge on any atom is -0.394 e. The van der Waals surface area contributed by atoms with Crippen molar-refractivity contribution in [2.45, 2.75) is 274 Å². The van der Waals surface area contributed by atoms with Gasteiger partial charge in [0.15, 0.2) is 6.29 Å². The Bertz CT molecular complexity index is 1040. The molecule has 9 atom stereocenters. The van der Waals surface area contributed by atoms with Gasteiger partial charge in [0, 0.05) is 0 Å². The Morgan fingerprint density at radius 3 is 1.46 bits per heavy atom. The van der Waals surface area contributed by atoms with Crippen LogP contribution in [0.5, 0.6) is 0 Å². The zero-order chi connectivity index (χ0) is 44.8. The van der Waals surface area contributed by atoms with E-state index >= 15 is 0 Å². The highest BCUT2D eigenvalue weighted by atomic mass is 16.7. The Morgan fingerprint density at radius 2 is 0.984 bits per heavy atom. The van der Waals surface area contributed by atoms with E-state index in [-0.39, 0.29) is 12.8 Å². The standard InChI is InChI=1S/C50H95NO10/c1-3-5-7-9-11-13-15-17-19-21-22-24-26-28-30-32-34-36-38-43(54)49(59)51-41(40-60-50-48(58)47(57)46(56)44(39-52)61-50)45(55)42(53)37-35-33-31-29-27-25-23-20-18-16-14-12-10-8-6-4-2/h20,23,29,31,41-48,50,52-58H,3-19,21-22,24-28,30,32-40H2,1-2H3,(H,51,59)/b23-20+,31-29+. The van der Waals surface area contributed by atoms with E-state index in [1.54, 1.807) is 0 Å². The lowest BCUT2D eigenvalue weighted by Gasteiger charge is -2.40. The van der Waals surface area contributed by atoms with Crippen molar-refractivity contribution in [3.05, 3.63) is 24.3 Å². The Kier molecular flexibility index (Phi) is 37.9. The normalized spacial score (nSPS) is 21.6. The predicted molar refractivity (Wildman–Crippen MR) is 247 cm³/mol. The first-order chi connectivity index (χ1) is 29.7. The summed E-state index contributed by atoms with van der Waals surface area (Å²) in [5.41, 5.74) is 0. The van der Waals surface area contributed by atoms with Gasteiger partial charge < -0.3 is 50.5 Å². The van der Waals surface area contributed by atoms with Crippen LogP contribution in [0.1, 0.15) is 219 Å². The summed E-state index contributed by atoms with van der Waals surface area (Å²) >= 11 is 0. The minimum absolute atomic E-state index is 0.248. The molecule has 0 aromatic rings. The first-order valence-electron chi connectivity index (χ1n) is 25.2. The molecule has 1 amide bonds. The summed E-state index contributed by atoms with van der Waals surface area (Å²) in [6.45, 7) is 3.43. The molecular weight excluding hydrogens is 775 g/mol. The van der Waals surface area contributed by atoms with Crippen LogP contribution in [0.2, 0.25) is 0 Å². The lowest BCUT2D eigenvalue weighted by Crippen LogP contribution is -2.60. The van der Waals surface area contributed by atoms with E-state index in [1.807, 2.05) is 0 Å². The third-order valence-corrected chi connectivity index (χ3v) is 12.2. The number of hydrogen-bond donors (Lipinski definition) is 8. The van der Waals surface area contributed by atoms with Gasteiger partial charge in [-0.3, -0.25) is 4.79 Å². The fraction of sp³-hybridized carbons (Fsp3) is 0.900. The Morgan fingerprint density at radius 1 is 0.557 bits per heavy atom. The maximum absolute atomic E-state index is 13.1. The van der Waals surface area contributed by atoms with Gasteiger partial charge in [-0.25, -0.2) is 0 Å². The number of rotatable bonds is 42. The van der Waals surface area contributed by atoms with Crippen LogP contribution in [0.3, 0.4) is 0 Å². The molecule has 11 heteroatoms. The second kappa shape index (κ2) is 40.1. The summed E-state index contributed by atoms with van der Waals surface area (Å²) in [5.74, 6) is -0.708. The molecule has 11 nitrogen and oxygen atoms in total. The first kappa shape index (κ1) is 57.6. The van der Waals surface area contributed by atoms with Crippen molar-refractivity contribution in [3.63, 3.8) is 0 Å². The molecule has 1 fully saturated rings. The van der Waals surface area contributed by atoms with Crippen LogP contribution in [0.4, 0.5) is 0 Å². The summed E-state index contributed by atoms with van der Waals surface area (Å²) in [6, 6.07) is -1.19. The van der Waals surface area contributed by atoms with E-state index in [4.69, 9.17) is 9.47 Å². The average Bonchev–Trinajstić information content (AvgIpc) is 3.26. The lowest BCUT2D eigenvalue weighted by molar-refractivity contribution is -0.303. The molecular formula is C50H95NO10. The van der Waals surface area contributed by atoms with Crippen LogP contribution in [-0.2, 0) is 14.3 Å². The van der Waals surface area contributed by atoms with E-state index in [0.717, 1.165) is 38.5 Å². The van der Waals surface area contributed by atoms with Crippen LogP contribution >= 0.6 is 0 Å². The molecule has 0 aliphatic carbocycles. The van der Waals surface area contributed by atoms with E-state index in [2.05, 4.69) is 43.5 Å². The zero-order valence-electron chi connectivity index (χ0n) is 38.9. The smallest absolute Gasteiger partial charge is 0.249 e. The molecule has 1 heterocycles. The number of aliphatic hydroxyl groups is 7. The molecule has 0 spiro atoms. The van der Waals surface area contributed by atoms with Crippen LogP contribution in [0.25, 0.3) is 0 Å². The Hall–Kier alpha value is -1.41. The predicted octanol–water partition coefficient (Wildman–Crippen LogP) is 9.01. The number of aliphatic hydroxyl groups excluding tert-OH is 7. The molecule has 61 heavy (non-hydrogen) atoms. The number of allylic oxidation sites excluding steroid dienone is 4. The molecule has 1 rings (SSSR count). The molecule has 0 radical (unpaired) electrons. The molecule has 1 aliphatic rings. The maximum atomic E-state index is 13.1. The highest BCUT2D eigenvalue weighted by Gasteiger charge is 2.44. The van der Waals surface area contributed by atoms with Crippen molar-refractivity contribution < 1.29 is 50.0 Å². The summed E-state index contributed by atoms with van der Waals surface area (Å²) in [4.78, 5) is 13.1. The highest BCUT2D eigenvalue weighted by molar-refractivity contribution is 5.80. The second-order valence-corrected chi connectivity index (χ2v) is 17.9. The quantitative estimate of drug-likeness (QED) is 0.0217. The van der Waals surface area contributed by atoms with Crippen molar-refractivity contribution in [2.24, 2.45) is 0 Å². The number of amides is 1. The number of carbonyl (C=O) groups excluding carboxylic acids is 1. The van der Waals surface area contributed by atoms with Crippen molar-refractivity contribution in [3.8, 4) is 0 Å². The SMILES string of the molecule is CCCCCCCCC/C=C/CC/C=C/CCCC(O)C(O)C(COC1OC(CO)C(O)C(O)C1O)NC(=O)C(O)CCCCCCCCCCCCCCCCCCCC.